The molecule has 0 saturated carbocycles. The van der Waals surface area contributed by atoms with Gasteiger partial charge < -0.3 is 11.1 Å². The van der Waals surface area contributed by atoms with Crippen LogP contribution in [0.2, 0.25) is 10.2 Å². The molecule has 3 N–H and O–H groups in total. The van der Waals surface area contributed by atoms with Crippen molar-refractivity contribution in [3.8, 4) is 0 Å². The molecule has 0 saturated heterocycles. The molecule has 0 aliphatic carbocycles. The van der Waals surface area contributed by atoms with Crippen LogP contribution in [0.1, 0.15) is 0 Å². The highest BCUT2D eigenvalue weighted by molar-refractivity contribution is 6.31. The van der Waals surface area contributed by atoms with E-state index in [9.17, 15) is 4.39 Å². The molecule has 0 aliphatic rings. The van der Waals surface area contributed by atoms with E-state index in [1.807, 2.05) is 0 Å². The van der Waals surface area contributed by atoms with Crippen LogP contribution in [0.4, 0.5) is 21.8 Å². The van der Waals surface area contributed by atoms with Crippen LogP contribution in [-0.2, 0) is 0 Å². The number of hydrogen-bond donors (Lipinski definition) is 2. The molecule has 0 spiro atoms. The lowest BCUT2D eigenvalue weighted by Crippen LogP contribution is -2.00. The van der Waals surface area contributed by atoms with E-state index in [1.54, 1.807) is 0 Å². The Labute approximate surface area is 107 Å². The largest absolute Gasteiger partial charge is 0.368 e. The Kier molecular flexibility index (Phi) is 3.31. The number of nitrogens with one attached hydrogen (secondary N) is 1. The monoisotopic (exact) mass is 272 g/mol. The van der Waals surface area contributed by atoms with Gasteiger partial charge in [-0.1, -0.05) is 23.2 Å². The van der Waals surface area contributed by atoms with Gasteiger partial charge in [-0.15, -0.1) is 0 Å². The number of anilines is 3. The molecule has 1 aromatic carbocycles. The minimum atomic E-state index is -0.488. The summed E-state index contributed by atoms with van der Waals surface area (Å²) < 4.78 is 12.9. The highest BCUT2D eigenvalue weighted by Gasteiger charge is 2.04. The van der Waals surface area contributed by atoms with Crippen molar-refractivity contribution in [1.82, 2.24) is 9.97 Å². The predicted molar refractivity (Wildman–Crippen MR) is 66.1 cm³/mol. The molecule has 0 atom stereocenters. The third kappa shape index (κ3) is 2.95. The van der Waals surface area contributed by atoms with Crippen LogP contribution in [0.15, 0.2) is 24.3 Å². The van der Waals surface area contributed by atoms with Gasteiger partial charge in [0.1, 0.15) is 16.8 Å². The fourth-order valence-corrected chi connectivity index (χ4v) is 1.59. The van der Waals surface area contributed by atoms with Crippen LogP contribution in [-0.4, -0.2) is 9.97 Å². The molecular weight excluding hydrogens is 266 g/mol. The smallest absolute Gasteiger partial charge is 0.223 e. The third-order valence-corrected chi connectivity index (χ3v) is 2.39. The first-order valence-corrected chi connectivity index (χ1v) is 5.32. The molecule has 0 aliphatic heterocycles. The number of nitrogen functional groups attached to an aromatic ring is 1. The van der Waals surface area contributed by atoms with Gasteiger partial charge in [0.15, 0.2) is 0 Å². The van der Waals surface area contributed by atoms with Gasteiger partial charge in [-0.3, -0.25) is 0 Å². The maximum Gasteiger partial charge on any atom is 0.223 e. The van der Waals surface area contributed by atoms with Crippen LogP contribution in [0, 0.1) is 5.82 Å². The Morgan fingerprint density at radius 1 is 1.18 bits per heavy atom. The number of nitrogens with two attached hydrogens (primary N) is 1. The maximum atomic E-state index is 12.9. The minimum absolute atomic E-state index is 0.0168. The number of aromatic nitrogens is 2. The van der Waals surface area contributed by atoms with E-state index in [2.05, 4.69) is 15.3 Å². The lowest BCUT2D eigenvalue weighted by molar-refractivity contribution is 0.628. The molecule has 0 amide bonds. The zero-order chi connectivity index (χ0) is 12.4. The van der Waals surface area contributed by atoms with E-state index < -0.39 is 5.82 Å². The van der Waals surface area contributed by atoms with Crippen molar-refractivity contribution < 1.29 is 4.39 Å². The van der Waals surface area contributed by atoms with E-state index in [-0.39, 0.29) is 16.1 Å². The predicted octanol–water partition coefficient (Wildman–Crippen LogP) is 3.25. The molecule has 17 heavy (non-hydrogen) atoms. The third-order valence-electron chi connectivity index (χ3n) is 1.90. The van der Waals surface area contributed by atoms with Gasteiger partial charge in [-0.25, -0.2) is 9.37 Å². The molecule has 0 unspecified atom stereocenters. The summed E-state index contributed by atoms with van der Waals surface area (Å²) in [5, 5.41) is 3.12. The van der Waals surface area contributed by atoms with Crippen molar-refractivity contribution >= 4 is 40.7 Å². The summed E-state index contributed by atoms with van der Waals surface area (Å²) in [6.07, 6.45) is 0. The van der Waals surface area contributed by atoms with Gasteiger partial charge in [0.05, 0.1) is 5.02 Å². The highest BCUT2D eigenvalue weighted by Crippen LogP contribution is 2.23. The fraction of sp³-hybridized carbons (Fsp3) is 0. The van der Waals surface area contributed by atoms with E-state index in [0.717, 1.165) is 0 Å². The quantitative estimate of drug-likeness (QED) is 0.824. The molecule has 4 nitrogen and oxygen atoms in total. The number of hydrogen-bond acceptors (Lipinski definition) is 4. The number of benzene rings is 1. The molecule has 1 heterocycles. The summed E-state index contributed by atoms with van der Waals surface area (Å²) in [6.45, 7) is 0. The lowest BCUT2D eigenvalue weighted by atomic mass is 10.3. The van der Waals surface area contributed by atoms with Crippen LogP contribution >= 0.6 is 23.2 Å². The lowest BCUT2D eigenvalue weighted by Gasteiger charge is -2.06. The molecule has 0 bridgehead atoms. The van der Waals surface area contributed by atoms with Gasteiger partial charge in [-0.05, 0) is 18.2 Å². The van der Waals surface area contributed by atoms with Crippen molar-refractivity contribution in [3.05, 3.63) is 40.3 Å². The molecule has 7 heteroatoms. The van der Waals surface area contributed by atoms with Crippen LogP contribution in [0.3, 0.4) is 0 Å². The molecule has 2 aromatic rings. The fourth-order valence-electron chi connectivity index (χ4n) is 1.22. The molecular formula is C10H7Cl2FN4. The number of nitrogens with zero attached hydrogens (tertiary/aromatic N) is 2. The van der Waals surface area contributed by atoms with Crippen molar-refractivity contribution in [3.63, 3.8) is 0 Å². The number of rotatable bonds is 2. The molecule has 1 aromatic heterocycles. The van der Waals surface area contributed by atoms with Gasteiger partial charge in [0, 0.05) is 11.8 Å². The minimum Gasteiger partial charge on any atom is -0.368 e. The first-order chi connectivity index (χ1) is 8.04. The maximum absolute atomic E-state index is 12.9. The molecule has 0 fully saturated rings. The molecule has 0 radical (unpaired) electrons. The van der Waals surface area contributed by atoms with E-state index in [1.165, 1.54) is 24.3 Å². The second-order valence-electron chi connectivity index (χ2n) is 3.19. The van der Waals surface area contributed by atoms with Crippen LogP contribution in [0.5, 0.6) is 0 Å². The summed E-state index contributed by atoms with van der Waals surface area (Å²) in [4.78, 5) is 7.63. The Morgan fingerprint density at radius 2 is 1.94 bits per heavy atom. The topological polar surface area (TPSA) is 63.8 Å². The van der Waals surface area contributed by atoms with Gasteiger partial charge in [0.25, 0.3) is 0 Å². The van der Waals surface area contributed by atoms with Crippen LogP contribution < -0.4 is 11.1 Å². The highest BCUT2D eigenvalue weighted by atomic mass is 35.5. The van der Waals surface area contributed by atoms with Crippen molar-refractivity contribution in [2.45, 2.75) is 0 Å². The second-order valence-corrected chi connectivity index (χ2v) is 3.98. The summed E-state index contributed by atoms with van der Waals surface area (Å²) in [6, 6.07) is 5.70. The van der Waals surface area contributed by atoms with Gasteiger partial charge >= 0.3 is 0 Å². The normalized spacial score (nSPS) is 10.3. The summed E-state index contributed by atoms with van der Waals surface area (Å²) in [5.74, 6) is -0.0316. The van der Waals surface area contributed by atoms with Gasteiger partial charge in [0.2, 0.25) is 5.95 Å². The number of halogens is 3. The average Bonchev–Trinajstić information content (AvgIpc) is 2.22. The molecule has 88 valence electrons. The Hall–Kier alpha value is -1.59. The average molecular weight is 273 g/mol. The summed E-state index contributed by atoms with van der Waals surface area (Å²) in [5.41, 5.74) is 6.01. The first kappa shape index (κ1) is 11.9. The molecule has 2 rings (SSSR count). The first-order valence-electron chi connectivity index (χ1n) is 4.57. The zero-order valence-electron chi connectivity index (χ0n) is 8.42. The van der Waals surface area contributed by atoms with E-state index >= 15 is 0 Å². The second kappa shape index (κ2) is 4.73. The standard InChI is InChI=1S/C10H7Cl2FN4/c11-6-3-5(1-2-7(6)13)15-9-4-8(12)16-10(14)17-9/h1-4H,(H3,14,15,16,17). The Bertz CT molecular complexity index is 542. The van der Waals surface area contributed by atoms with Crippen LogP contribution in [0.25, 0.3) is 0 Å². The van der Waals surface area contributed by atoms with Gasteiger partial charge in [-0.2, -0.15) is 4.98 Å². The van der Waals surface area contributed by atoms with Crippen molar-refractivity contribution in [1.29, 1.82) is 0 Å². The van der Waals surface area contributed by atoms with E-state index in [0.29, 0.717) is 11.5 Å². The Morgan fingerprint density at radius 3 is 2.59 bits per heavy atom. The van der Waals surface area contributed by atoms with Crippen molar-refractivity contribution in [2.24, 2.45) is 0 Å². The Balaban J connectivity index is 2.28. The zero-order valence-corrected chi connectivity index (χ0v) is 9.93. The van der Waals surface area contributed by atoms with E-state index in [4.69, 9.17) is 28.9 Å². The SMILES string of the molecule is Nc1nc(Cl)cc(Nc2ccc(F)c(Cl)c2)n1. The van der Waals surface area contributed by atoms with Crippen molar-refractivity contribution in [2.75, 3.05) is 11.1 Å². The summed E-state index contributed by atoms with van der Waals surface area (Å²) in [7, 11) is 0. The summed E-state index contributed by atoms with van der Waals surface area (Å²) >= 11 is 11.4.